The second kappa shape index (κ2) is 10.3. The van der Waals surface area contributed by atoms with Gasteiger partial charge < -0.3 is 10.1 Å². The summed E-state index contributed by atoms with van der Waals surface area (Å²) in [4.78, 5) is 35.7. The van der Waals surface area contributed by atoms with Crippen molar-refractivity contribution in [2.45, 2.75) is 39.5 Å². The van der Waals surface area contributed by atoms with Gasteiger partial charge in [0.05, 0.1) is 6.42 Å². The molecule has 0 bridgehead atoms. The number of anilines is 1. The number of ketones is 1. The maximum absolute atomic E-state index is 12.1. The van der Waals surface area contributed by atoms with Crippen LogP contribution in [0, 0.1) is 6.92 Å². The molecule has 2 aromatic rings. The van der Waals surface area contributed by atoms with Crippen molar-refractivity contribution in [1.29, 1.82) is 0 Å². The van der Waals surface area contributed by atoms with E-state index in [1.54, 1.807) is 24.3 Å². The highest BCUT2D eigenvalue weighted by atomic mass is 16.5. The van der Waals surface area contributed by atoms with Gasteiger partial charge in [-0.25, -0.2) is 0 Å². The molecule has 5 heteroatoms. The molecule has 5 nitrogen and oxygen atoms in total. The first-order valence-corrected chi connectivity index (χ1v) is 9.12. The number of Topliss-reactive ketones (excluding diaryl/α,β-unsaturated/α-hetero) is 1. The van der Waals surface area contributed by atoms with E-state index >= 15 is 0 Å². The number of nitrogens with one attached hydrogen (secondary N) is 1. The predicted molar refractivity (Wildman–Crippen MR) is 105 cm³/mol. The van der Waals surface area contributed by atoms with E-state index in [0.717, 1.165) is 18.4 Å². The van der Waals surface area contributed by atoms with Gasteiger partial charge in [0.1, 0.15) is 0 Å². The van der Waals surface area contributed by atoms with E-state index in [1.165, 1.54) is 5.56 Å². The van der Waals surface area contributed by atoms with Crippen molar-refractivity contribution < 1.29 is 19.1 Å². The highest BCUT2D eigenvalue weighted by Gasteiger charge is 2.12. The zero-order chi connectivity index (χ0) is 19.6. The van der Waals surface area contributed by atoms with Crippen LogP contribution in [0.1, 0.15) is 47.7 Å². The van der Waals surface area contributed by atoms with Gasteiger partial charge in [0.15, 0.2) is 12.4 Å². The Kier molecular flexibility index (Phi) is 7.74. The SMILES string of the molecule is CCCc1ccc(C(=O)CCC(=O)OCC(=O)Nc2ccc(C)cc2)cc1. The lowest BCUT2D eigenvalue weighted by Gasteiger charge is -2.07. The molecule has 0 aliphatic carbocycles. The molecule has 0 saturated heterocycles. The van der Waals surface area contributed by atoms with E-state index in [0.29, 0.717) is 11.3 Å². The molecular formula is C22H25NO4. The third kappa shape index (κ3) is 7.05. The lowest BCUT2D eigenvalue weighted by molar-refractivity contribution is -0.147. The van der Waals surface area contributed by atoms with E-state index in [2.05, 4.69) is 12.2 Å². The molecule has 0 heterocycles. The summed E-state index contributed by atoms with van der Waals surface area (Å²) in [6.45, 7) is 3.69. The molecule has 0 radical (unpaired) electrons. The van der Waals surface area contributed by atoms with Gasteiger partial charge in [-0.1, -0.05) is 55.3 Å². The summed E-state index contributed by atoms with van der Waals surface area (Å²) < 4.78 is 4.93. The monoisotopic (exact) mass is 367 g/mol. The lowest BCUT2D eigenvalue weighted by atomic mass is 10.0. The molecule has 0 spiro atoms. The first kappa shape index (κ1) is 20.4. The van der Waals surface area contributed by atoms with Crippen LogP contribution in [0.4, 0.5) is 5.69 Å². The van der Waals surface area contributed by atoms with E-state index in [4.69, 9.17) is 4.74 Å². The minimum absolute atomic E-state index is 0.0483. The summed E-state index contributed by atoms with van der Waals surface area (Å²) in [6, 6.07) is 14.7. The highest BCUT2D eigenvalue weighted by molar-refractivity contribution is 5.98. The topological polar surface area (TPSA) is 72.5 Å². The number of amides is 1. The van der Waals surface area contributed by atoms with Crippen molar-refractivity contribution in [2.75, 3.05) is 11.9 Å². The highest BCUT2D eigenvalue weighted by Crippen LogP contribution is 2.11. The zero-order valence-corrected chi connectivity index (χ0v) is 15.8. The van der Waals surface area contributed by atoms with Crippen molar-refractivity contribution in [3.8, 4) is 0 Å². The van der Waals surface area contributed by atoms with Crippen LogP contribution in [0.5, 0.6) is 0 Å². The van der Waals surface area contributed by atoms with Gasteiger partial charge in [-0.15, -0.1) is 0 Å². The Morgan fingerprint density at radius 3 is 2.22 bits per heavy atom. The standard InChI is InChI=1S/C22H25NO4/c1-3-4-17-7-9-18(10-8-17)20(24)13-14-22(26)27-15-21(25)23-19-11-5-16(2)6-12-19/h5-12H,3-4,13-15H2,1-2H3,(H,23,25). The molecular weight excluding hydrogens is 342 g/mol. The first-order chi connectivity index (χ1) is 13.0. The third-order valence-electron chi connectivity index (χ3n) is 4.07. The maximum atomic E-state index is 12.1. The van der Waals surface area contributed by atoms with Crippen molar-refractivity contribution in [2.24, 2.45) is 0 Å². The average Bonchev–Trinajstić information content (AvgIpc) is 2.67. The number of esters is 1. The second-order valence-electron chi connectivity index (χ2n) is 6.44. The molecule has 0 aliphatic heterocycles. The Balaban J connectivity index is 1.71. The van der Waals surface area contributed by atoms with Crippen LogP contribution >= 0.6 is 0 Å². The molecule has 27 heavy (non-hydrogen) atoms. The van der Waals surface area contributed by atoms with Gasteiger partial charge in [-0.2, -0.15) is 0 Å². The molecule has 0 saturated carbocycles. The Labute approximate surface area is 159 Å². The number of hydrogen-bond donors (Lipinski definition) is 1. The number of aryl methyl sites for hydroxylation is 2. The van der Waals surface area contributed by atoms with Crippen molar-refractivity contribution in [3.63, 3.8) is 0 Å². The lowest BCUT2D eigenvalue weighted by Crippen LogP contribution is -2.21. The van der Waals surface area contributed by atoms with Crippen LogP contribution in [0.3, 0.4) is 0 Å². The number of ether oxygens (including phenoxy) is 1. The quantitative estimate of drug-likeness (QED) is 0.535. The summed E-state index contributed by atoms with van der Waals surface area (Å²) in [5.74, 6) is -1.09. The van der Waals surface area contributed by atoms with E-state index in [1.807, 2.05) is 31.2 Å². The van der Waals surface area contributed by atoms with Crippen LogP contribution in [0.25, 0.3) is 0 Å². The van der Waals surface area contributed by atoms with Crippen molar-refractivity contribution in [1.82, 2.24) is 0 Å². The fourth-order valence-corrected chi connectivity index (χ4v) is 2.56. The Morgan fingerprint density at radius 2 is 1.59 bits per heavy atom. The van der Waals surface area contributed by atoms with Gasteiger partial charge in [0.2, 0.25) is 0 Å². The summed E-state index contributed by atoms with van der Waals surface area (Å²) in [6.07, 6.45) is 2.04. The molecule has 0 fully saturated rings. The maximum Gasteiger partial charge on any atom is 0.306 e. The van der Waals surface area contributed by atoms with Crippen LogP contribution in [0.2, 0.25) is 0 Å². The number of benzene rings is 2. The van der Waals surface area contributed by atoms with Gasteiger partial charge in [0, 0.05) is 17.7 Å². The zero-order valence-electron chi connectivity index (χ0n) is 15.8. The minimum atomic E-state index is -0.565. The van der Waals surface area contributed by atoms with Gasteiger partial charge in [-0.05, 0) is 31.0 Å². The van der Waals surface area contributed by atoms with Gasteiger partial charge >= 0.3 is 5.97 Å². The molecule has 142 valence electrons. The molecule has 0 unspecified atom stereocenters. The third-order valence-corrected chi connectivity index (χ3v) is 4.07. The number of rotatable bonds is 9. The van der Waals surface area contributed by atoms with Crippen molar-refractivity contribution in [3.05, 3.63) is 65.2 Å². The predicted octanol–water partition coefficient (Wildman–Crippen LogP) is 4.09. The van der Waals surface area contributed by atoms with Gasteiger partial charge in [-0.3, -0.25) is 14.4 Å². The van der Waals surface area contributed by atoms with Crippen molar-refractivity contribution >= 4 is 23.3 Å². The normalized spacial score (nSPS) is 10.3. The van der Waals surface area contributed by atoms with Gasteiger partial charge in [0.25, 0.3) is 5.91 Å². The molecule has 2 rings (SSSR count). The van der Waals surface area contributed by atoms with E-state index < -0.39 is 11.9 Å². The Bertz CT molecular complexity index is 779. The molecule has 2 aromatic carbocycles. The molecule has 0 aliphatic rings. The summed E-state index contributed by atoms with van der Waals surface area (Å²) in [7, 11) is 0. The number of carbonyl (C=O) groups excluding carboxylic acids is 3. The smallest absolute Gasteiger partial charge is 0.306 e. The summed E-state index contributed by atoms with van der Waals surface area (Å²) in [5, 5.41) is 2.65. The molecule has 0 atom stereocenters. The summed E-state index contributed by atoms with van der Waals surface area (Å²) in [5.41, 5.74) is 3.50. The number of hydrogen-bond acceptors (Lipinski definition) is 4. The molecule has 0 aromatic heterocycles. The fraction of sp³-hybridized carbons (Fsp3) is 0.318. The largest absolute Gasteiger partial charge is 0.456 e. The Hall–Kier alpha value is -2.95. The molecule has 1 amide bonds. The van der Waals surface area contributed by atoms with Crippen LogP contribution in [-0.2, 0) is 20.7 Å². The average molecular weight is 367 g/mol. The van der Waals surface area contributed by atoms with Crippen LogP contribution in [-0.4, -0.2) is 24.3 Å². The van der Waals surface area contributed by atoms with Crippen LogP contribution < -0.4 is 5.32 Å². The fourth-order valence-electron chi connectivity index (χ4n) is 2.56. The summed E-state index contributed by atoms with van der Waals surface area (Å²) >= 11 is 0. The first-order valence-electron chi connectivity index (χ1n) is 9.12. The number of carbonyl (C=O) groups is 3. The Morgan fingerprint density at radius 1 is 0.926 bits per heavy atom. The minimum Gasteiger partial charge on any atom is -0.456 e. The van der Waals surface area contributed by atoms with E-state index in [-0.39, 0.29) is 25.2 Å². The molecule has 1 N–H and O–H groups in total. The van der Waals surface area contributed by atoms with Crippen LogP contribution in [0.15, 0.2) is 48.5 Å². The van der Waals surface area contributed by atoms with E-state index in [9.17, 15) is 14.4 Å². The second-order valence-corrected chi connectivity index (χ2v) is 6.44.